The normalized spacial score (nSPS) is 18.6. The van der Waals surface area contributed by atoms with Crippen molar-refractivity contribution >= 4 is 16.8 Å². The van der Waals surface area contributed by atoms with Crippen LogP contribution < -0.4 is 10.1 Å². The summed E-state index contributed by atoms with van der Waals surface area (Å²) in [6.07, 6.45) is 7.19. The predicted octanol–water partition coefficient (Wildman–Crippen LogP) is 3.92. The molecule has 1 aliphatic heterocycles. The standard InChI is InChI=1S/C24H35N3O3/c1-18-23(24(28)25-11-6-12-26-13-15-30-16-14-26)21-17-20(29-2)9-10-22(21)27(18)19-7-4-3-5-8-19/h9-10,17,19H,3-8,11-16H2,1-2H3,(H,25,28). The van der Waals surface area contributed by atoms with E-state index in [1.165, 1.54) is 32.1 Å². The average Bonchev–Trinajstić information content (AvgIpc) is 3.08. The first-order valence-corrected chi connectivity index (χ1v) is 11.5. The van der Waals surface area contributed by atoms with Crippen molar-refractivity contribution < 1.29 is 14.3 Å². The highest BCUT2D eigenvalue weighted by atomic mass is 16.5. The van der Waals surface area contributed by atoms with E-state index in [1.807, 2.05) is 12.1 Å². The van der Waals surface area contributed by atoms with Gasteiger partial charge in [-0.3, -0.25) is 9.69 Å². The highest BCUT2D eigenvalue weighted by Crippen LogP contribution is 2.37. The molecule has 6 heteroatoms. The Hall–Kier alpha value is -2.05. The van der Waals surface area contributed by atoms with E-state index in [2.05, 4.69) is 27.8 Å². The number of carbonyl (C=O) groups is 1. The number of benzene rings is 1. The summed E-state index contributed by atoms with van der Waals surface area (Å²) in [6, 6.07) is 6.62. The van der Waals surface area contributed by atoms with E-state index >= 15 is 0 Å². The second kappa shape index (κ2) is 9.84. The fraction of sp³-hybridized carbons (Fsp3) is 0.625. The van der Waals surface area contributed by atoms with Crippen LogP contribution in [0.4, 0.5) is 0 Å². The summed E-state index contributed by atoms with van der Waals surface area (Å²) < 4.78 is 13.3. The number of amides is 1. The molecular weight excluding hydrogens is 378 g/mol. The zero-order chi connectivity index (χ0) is 20.9. The Morgan fingerprint density at radius 3 is 2.70 bits per heavy atom. The quantitative estimate of drug-likeness (QED) is 0.699. The van der Waals surface area contributed by atoms with Crippen LogP contribution in [0.2, 0.25) is 0 Å². The molecule has 4 rings (SSSR count). The highest BCUT2D eigenvalue weighted by Gasteiger charge is 2.25. The Labute approximate surface area is 179 Å². The van der Waals surface area contributed by atoms with Crippen LogP contribution in [-0.2, 0) is 4.74 Å². The van der Waals surface area contributed by atoms with Gasteiger partial charge in [0.25, 0.3) is 5.91 Å². The van der Waals surface area contributed by atoms with Gasteiger partial charge in [0.15, 0.2) is 0 Å². The molecule has 1 N–H and O–H groups in total. The number of nitrogens with zero attached hydrogens (tertiary/aromatic N) is 2. The third-order valence-electron chi connectivity index (χ3n) is 6.66. The summed E-state index contributed by atoms with van der Waals surface area (Å²) in [5, 5.41) is 4.18. The van der Waals surface area contributed by atoms with Crippen molar-refractivity contribution in [3.63, 3.8) is 0 Å². The molecule has 0 spiro atoms. The number of aromatic nitrogens is 1. The molecule has 30 heavy (non-hydrogen) atoms. The van der Waals surface area contributed by atoms with Crippen LogP contribution >= 0.6 is 0 Å². The molecule has 2 aromatic rings. The topological polar surface area (TPSA) is 55.7 Å². The van der Waals surface area contributed by atoms with Crippen LogP contribution in [-0.4, -0.2) is 61.9 Å². The third-order valence-corrected chi connectivity index (χ3v) is 6.66. The lowest BCUT2D eigenvalue weighted by Crippen LogP contribution is -2.38. The summed E-state index contributed by atoms with van der Waals surface area (Å²) in [5.41, 5.74) is 3.04. The summed E-state index contributed by atoms with van der Waals surface area (Å²) in [4.78, 5) is 15.6. The highest BCUT2D eigenvalue weighted by molar-refractivity contribution is 6.08. The van der Waals surface area contributed by atoms with Gasteiger partial charge in [0, 0.05) is 42.3 Å². The first kappa shape index (κ1) is 21.2. The summed E-state index contributed by atoms with van der Waals surface area (Å²) in [7, 11) is 1.68. The van der Waals surface area contributed by atoms with Gasteiger partial charge in [-0.1, -0.05) is 19.3 Å². The Morgan fingerprint density at radius 2 is 1.97 bits per heavy atom. The van der Waals surface area contributed by atoms with E-state index in [0.29, 0.717) is 12.6 Å². The molecular formula is C24H35N3O3. The maximum absolute atomic E-state index is 13.2. The first-order valence-electron chi connectivity index (χ1n) is 11.5. The second-order valence-electron chi connectivity index (χ2n) is 8.57. The van der Waals surface area contributed by atoms with E-state index < -0.39 is 0 Å². The molecule has 0 atom stereocenters. The van der Waals surface area contributed by atoms with E-state index in [4.69, 9.17) is 9.47 Å². The number of morpholine rings is 1. The van der Waals surface area contributed by atoms with Crippen molar-refractivity contribution in [2.75, 3.05) is 46.5 Å². The first-order chi connectivity index (χ1) is 14.7. The van der Waals surface area contributed by atoms with Crippen LogP contribution in [0.15, 0.2) is 18.2 Å². The lowest BCUT2D eigenvalue weighted by atomic mass is 9.95. The molecule has 2 heterocycles. The molecule has 164 valence electrons. The summed E-state index contributed by atoms with van der Waals surface area (Å²) in [6.45, 7) is 7.39. The van der Waals surface area contributed by atoms with Crippen molar-refractivity contribution in [3.8, 4) is 5.75 Å². The predicted molar refractivity (Wildman–Crippen MR) is 120 cm³/mol. The molecule has 2 aliphatic rings. The zero-order valence-electron chi connectivity index (χ0n) is 18.4. The van der Waals surface area contributed by atoms with Gasteiger partial charge in [0.2, 0.25) is 0 Å². The Bertz CT molecular complexity index is 864. The van der Waals surface area contributed by atoms with Gasteiger partial charge in [0.1, 0.15) is 5.75 Å². The van der Waals surface area contributed by atoms with Gasteiger partial charge in [-0.2, -0.15) is 0 Å². The number of carbonyl (C=O) groups excluding carboxylic acids is 1. The van der Waals surface area contributed by atoms with Gasteiger partial charge in [-0.05, 0) is 50.9 Å². The number of hydrogen-bond acceptors (Lipinski definition) is 4. The van der Waals surface area contributed by atoms with E-state index in [1.54, 1.807) is 7.11 Å². The Balaban J connectivity index is 1.52. The Morgan fingerprint density at radius 1 is 1.20 bits per heavy atom. The SMILES string of the molecule is COc1ccc2c(c1)c(C(=O)NCCCN1CCOCC1)c(C)n2C1CCCCC1. The number of methoxy groups -OCH3 is 1. The minimum atomic E-state index is 0.0299. The molecule has 0 unspecified atom stereocenters. The van der Waals surface area contributed by atoms with Gasteiger partial charge >= 0.3 is 0 Å². The average molecular weight is 414 g/mol. The van der Waals surface area contributed by atoms with E-state index in [9.17, 15) is 4.79 Å². The molecule has 0 bridgehead atoms. The third kappa shape index (κ3) is 4.49. The maximum Gasteiger partial charge on any atom is 0.253 e. The molecule has 1 aromatic carbocycles. The van der Waals surface area contributed by atoms with Crippen LogP contribution in [0.3, 0.4) is 0 Å². The van der Waals surface area contributed by atoms with Crippen molar-refractivity contribution in [2.45, 2.75) is 51.5 Å². The van der Waals surface area contributed by atoms with Crippen molar-refractivity contribution in [1.29, 1.82) is 0 Å². The van der Waals surface area contributed by atoms with Gasteiger partial charge in [-0.25, -0.2) is 0 Å². The summed E-state index contributed by atoms with van der Waals surface area (Å²) in [5.74, 6) is 0.826. The lowest BCUT2D eigenvalue weighted by molar-refractivity contribution is 0.0374. The van der Waals surface area contributed by atoms with Crippen molar-refractivity contribution in [3.05, 3.63) is 29.5 Å². The van der Waals surface area contributed by atoms with Crippen LogP contribution in [0.25, 0.3) is 10.9 Å². The number of fused-ring (bicyclic) bond motifs is 1. The minimum Gasteiger partial charge on any atom is -0.497 e. The van der Waals surface area contributed by atoms with Crippen molar-refractivity contribution in [1.82, 2.24) is 14.8 Å². The lowest BCUT2D eigenvalue weighted by Gasteiger charge is -2.26. The van der Waals surface area contributed by atoms with E-state index in [-0.39, 0.29) is 5.91 Å². The minimum absolute atomic E-state index is 0.0299. The molecule has 1 amide bonds. The molecule has 2 fully saturated rings. The Kier molecular flexibility index (Phi) is 6.95. The second-order valence-corrected chi connectivity index (χ2v) is 8.57. The number of hydrogen-bond donors (Lipinski definition) is 1. The smallest absolute Gasteiger partial charge is 0.253 e. The molecule has 1 saturated heterocycles. The molecule has 0 radical (unpaired) electrons. The van der Waals surface area contributed by atoms with Gasteiger partial charge < -0.3 is 19.4 Å². The number of rotatable bonds is 7. The number of ether oxygens (including phenoxy) is 2. The summed E-state index contributed by atoms with van der Waals surface area (Å²) >= 11 is 0. The van der Waals surface area contributed by atoms with Crippen LogP contribution in [0.1, 0.15) is 60.6 Å². The monoisotopic (exact) mass is 413 g/mol. The van der Waals surface area contributed by atoms with Crippen LogP contribution in [0, 0.1) is 6.92 Å². The zero-order valence-corrected chi connectivity index (χ0v) is 18.4. The molecule has 1 aromatic heterocycles. The van der Waals surface area contributed by atoms with E-state index in [0.717, 1.165) is 67.2 Å². The van der Waals surface area contributed by atoms with Gasteiger partial charge in [0.05, 0.1) is 25.9 Å². The maximum atomic E-state index is 13.2. The molecule has 6 nitrogen and oxygen atoms in total. The number of nitrogens with one attached hydrogen (secondary N) is 1. The molecule has 1 saturated carbocycles. The van der Waals surface area contributed by atoms with Gasteiger partial charge in [-0.15, -0.1) is 0 Å². The van der Waals surface area contributed by atoms with Crippen molar-refractivity contribution in [2.24, 2.45) is 0 Å². The fourth-order valence-corrected chi connectivity index (χ4v) is 5.06. The fourth-order valence-electron chi connectivity index (χ4n) is 5.06. The largest absolute Gasteiger partial charge is 0.497 e. The van der Waals surface area contributed by atoms with Crippen LogP contribution in [0.5, 0.6) is 5.75 Å². The molecule has 1 aliphatic carbocycles.